The molecule has 1 aliphatic heterocycles. The minimum atomic E-state index is -0.922. The maximum atomic E-state index is 13.0. The molecule has 0 amide bonds. The first-order valence-corrected chi connectivity index (χ1v) is 6.54. The summed E-state index contributed by atoms with van der Waals surface area (Å²) in [5.41, 5.74) is -0.198. The highest BCUT2D eigenvalue weighted by molar-refractivity contribution is 5.23. The van der Waals surface area contributed by atoms with E-state index >= 15 is 0 Å². The van der Waals surface area contributed by atoms with Crippen LogP contribution in [0.1, 0.15) is 6.92 Å². The molecule has 1 atom stereocenters. The number of rotatable bonds is 7. The van der Waals surface area contributed by atoms with Crippen molar-refractivity contribution in [3.05, 3.63) is 29.8 Å². The minimum absolute atomic E-state index is 0.0205. The van der Waals surface area contributed by atoms with Crippen molar-refractivity contribution in [1.29, 1.82) is 0 Å². The molecule has 4 nitrogen and oxygen atoms in total. The normalized spacial score (nSPS) is 18.4. The number of nitrogens with one attached hydrogen (secondary N) is 1. The van der Waals surface area contributed by atoms with Gasteiger partial charge >= 0.3 is 0 Å². The van der Waals surface area contributed by atoms with Gasteiger partial charge < -0.3 is 19.9 Å². The summed E-state index contributed by atoms with van der Waals surface area (Å²) in [6.45, 7) is 4.06. The van der Waals surface area contributed by atoms with Crippen LogP contribution < -0.4 is 10.1 Å². The largest absolute Gasteiger partial charge is 0.492 e. The van der Waals surface area contributed by atoms with Crippen molar-refractivity contribution in [3.8, 4) is 5.75 Å². The second-order valence-corrected chi connectivity index (χ2v) is 5.32. The van der Waals surface area contributed by atoms with Gasteiger partial charge in [-0.15, -0.1) is 0 Å². The molecule has 0 bridgehead atoms. The standard InChI is InChI=1S/C14H19F2NO3/c1-10(17-6-14(7-18)8-19-9-14)5-20-11-2-3-12(15)13(16)4-11/h2-4,10,17-18H,5-9H2,1H3. The van der Waals surface area contributed by atoms with E-state index < -0.39 is 11.6 Å². The van der Waals surface area contributed by atoms with Gasteiger partial charge in [0.25, 0.3) is 0 Å². The highest BCUT2D eigenvalue weighted by Crippen LogP contribution is 2.25. The van der Waals surface area contributed by atoms with Crippen LogP contribution in [0.3, 0.4) is 0 Å². The maximum absolute atomic E-state index is 13.0. The lowest BCUT2D eigenvalue weighted by atomic mass is 9.87. The van der Waals surface area contributed by atoms with E-state index in [4.69, 9.17) is 9.47 Å². The predicted octanol–water partition coefficient (Wildman–Crippen LogP) is 1.33. The molecule has 0 radical (unpaired) electrons. The Morgan fingerprint density at radius 2 is 2.15 bits per heavy atom. The van der Waals surface area contributed by atoms with Crippen LogP contribution in [0.5, 0.6) is 5.75 Å². The zero-order valence-corrected chi connectivity index (χ0v) is 11.4. The number of benzene rings is 1. The Bertz CT molecular complexity index is 447. The van der Waals surface area contributed by atoms with Crippen LogP contribution in [-0.2, 0) is 4.74 Å². The molecule has 0 saturated carbocycles. The molecule has 0 aliphatic carbocycles. The fraction of sp³-hybridized carbons (Fsp3) is 0.571. The molecule has 2 N–H and O–H groups in total. The first-order chi connectivity index (χ1) is 9.54. The highest BCUT2D eigenvalue weighted by atomic mass is 19.2. The van der Waals surface area contributed by atoms with Crippen LogP contribution in [0.2, 0.25) is 0 Å². The molecule has 1 saturated heterocycles. The minimum Gasteiger partial charge on any atom is -0.492 e. The Balaban J connectivity index is 1.74. The molecule has 1 unspecified atom stereocenters. The Morgan fingerprint density at radius 1 is 1.40 bits per heavy atom. The molecule has 0 aromatic heterocycles. The number of hydrogen-bond acceptors (Lipinski definition) is 4. The Hall–Kier alpha value is -1.24. The fourth-order valence-corrected chi connectivity index (χ4v) is 1.88. The summed E-state index contributed by atoms with van der Waals surface area (Å²) in [5, 5.41) is 12.5. The van der Waals surface area contributed by atoms with Crippen LogP contribution in [0.25, 0.3) is 0 Å². The van der Waals surface area contributed by atoms with Gasteiger partial charge in [-0.1, -0.05) is 0 Å². The van der Waals surface area contributed by atoms with Crippen molar-refractivity contribution in [3.63, 3.8) is 0 Å². The van der Waals surface area contributed by atoms with Crippen LogP contribution in [0.15, 0.2) is 18.2 Å². The van der Waals surface area contributed by atoms with Gasteiger partial charge in [0.1, 0.15) is 12.4 Å². The Morgan fingerprint density at radius 3 is 2.70 bits per heavy atom. The van der Waals surface area contributed by atoms with Gasteiger partial charge in [0.2, 0.25) is 0 Å². The van der Waals surface area contributed by atoms with Crippen LogP contribution in [0.4, 0.5) is 8.78 Å². The zero-order valence-electron chi connectivity index (χ0n) is 11.4. The molecule has 6 heteroatoms. The summed E-state index contributed by atoms with van der Waals surface area (Å²) in [7, 11) is 0. The molecular weight excluding hydrogens is 268 g/mol. The number of aliphatic hydroxyl groups is 1. The summed E-state index contributed by atoms with van der Waals surface area (Å²) in [5.74, 6) is -1.52. The van der Waals surface area contributed by atoms with Crippen LogP contribution in [-0.4, -0.2) is 44.1 Å². The quantitative estimate of drug-likeness (QED) is 0.794. The van der Waals surface area contributed by atoms with E-state index in [0.717, 1.165) is 12.1 Å². The molecule has 1 aliphatic rings. The van der Waals surface area contributed by atoms with E-state index in [1.807, 2.05) is 6.92 Å². The number of ether oxygens (including phenoxy) is 2. The SMILES string of the molecule is CC(COc1ccc(F)c(F)c1)NCC1(CO)COC1. The van der Waals surface area contributed by atoms with Gasteiger partial charge in [0, 0.05) is 18.7 Å². The monoisotopic (exact) mass is 287 g/mol. The van der Waals surface area contributed by atoms with E-state index in [1.165, 1.54) is 6.07 Å². The third-order valence-corrected chi connectivity index (χ3v) is 3.37. The summed E-state index contributed by atoms with van der Waals surface area (Å²) in [4.78, 5) is 0. The number of aliphatic hydroxyl groups excluding tert-OH is 1. The Labute approximate surface area is 116 Å². The van der Waals surface area contributed by atoms with Crippen molar-refractivity contribution < 1.29 is 23.4 Å². The molecule has 112 valence electrons. The molecule has 0 spiro atoms. The molecule has 1 aromatic carbocycles. The van der Waals surface area contributed by atoms with Gasteiger partial charge in [-0.3, -0.25) is 0 Å². The van der Waals surface area contributed by atoms with Gasteiger partial charge in [-0.25, -0.2) is 8.78 Å². The summed E-state index contributed by atoms with van der Waals surface area (Å²) < 4.78 is 36.2. The Kier molecular flexibility index (Phi) is 4.91. The third kappa shape index (κ3) is 3.65. The van der Waals surface area contributed by atoms with E-state index in [-0.39, 0.29) is 18.1 Å². The summed E-state index contributed by atoms with van der Waals surface area (Å²) in [6.07, 6.45) is 0. The first kappa shape index (κ1) is 15.2. The van der Waals surface area contributed by atoms with E-state index in [1.54, 1.807) is 0 Å². The molecule has 1 heterocycles. The first-order valence-electron chi connectivity index (χ1n) is 6.54. The van der Waals surface area contributed by atoms with Crippen molar-refractivity contribution >= 4 is 0 Å². The zero-order chi connectivity index (χ0) is 14.6. The molecule has 20 heavy (non-hydrogen) atoms. The van der Waals surface area contributed by atoms with Crippen LogP contribution in [0, 0.1) is 17.0 Å². The number of hydrogen-bond donors (Lipinski definition) is 2. The second-order valence-electron chi connectivity index (χ2n) is 5.32. The number of halogens is 2. The molecule has 1 aromatic rings. The lowest BCUT2D eigenvalue weighted by molar-refractivity contribution is -0.135. The average Bonchev–Trinajstić information content (AvgIpc) is 2.39. The predicted molar refractivity (Wildman–Crippen MR) is 69.7 cm³/mol. The van der Waals surface area contributed by atoms with Gasteiger partial charge in [-0.2, -0.15) is 0 Å². The maximum Gasteiger partial charge on any atom is 0.162 e. The van der Waals surface area contributed by atoms with E-state index in [9.17, 15) is 13.9 Å². The summed E-state index contributed by atoms with van der Waals surface area (Å²) in [6, 6.07) is 3.47. The molecule has 2 rings (SSSR count). The van der Waals surface area contributed by atoms with E-state index in [0.29, 0.717) is 32.1 Å². The van der Waals surface area contributed by atoms with Crippen molar-refractivity contribution in [1.82, 2.24) is 5.32 Å². The molecule has 1 fully saturated rings. The summed E-state index contributed by atoms with van der Waals surface area (Å²) >= 11 is 0. The van der Waals surface area contributed by atoms with Crippen molar-refractivity contribution in [2.75, 3.05) is 33.0 Å². The highest BCUT2D eigenvalue weighted by Gasteiger charge is 2.37. The lowest BCUT2D eigenvalue weighted by Crippen LogP contribution is -2.54. The van der Waals surface area contributed by atoms with Crippen molar-refractivity contribution in [2.45, 2.75) is 13.0 Å². The smallest absolute Gasteiger partial charge is 0.162 e. The van der Waals surface area contributed by atoms with Gasteiger partial charge in [0.05, 0.1) is 25.2 Å². The van der Waals surface area contributed by atoms with Gasteiger partial charge in [0.15, 0.2) is 11.6 Å². The fourth-order valence-electron chi connectivity index (χ4n) is 1.88. The lowest BCUT2D eigenvalue weighted by Gasteiger charge is -2.40. The topological polar surface area (TPSA) is 50.7 Å². The third-order valence-electron chi connectivity index (χ3n) is 3.37. The second kappa shape index (κ2) is 6.47. The van der Waals surface area contributed by atoms with Gasteiger partial charge in [-0.05, 0) is 19.1 Å². The van der Waals surface area contributed by atoms with Crippen molar-refractivity contribution in [2.24, 2.45) is 5.41 Å². The average molecular weight is 287 g/mol. The molecular formula is C14H19F2NO3. The van der Waals surface area contributed by atoms with Crippen LogP contribution >= 0.6 is 0 Å². The van der Waals surface area contributed by atoms with E-state index in [2.05, 4.69) is 5.32 Å².